The monoisotopic (exact) mass is 588 g/mol. The second kappa shape index (κ2) is 14.1. The average molecular weight is 589 g/mol. The maximum atomic E-state index is 13.7. The Bertz CT molecular complexity index is 1400. The molecule has 0 bridgehead atoms. The van der Waals surface area contributed by atoms with E-state index in [4.69, 9.17) is 14.6 Å². The van der Waals surface area contributed by atoms with Gasteiger partial charge in [-0.15, -0.1) is 0 Å². The molecule has 3 rings (SSSR count). The fourth-order valence-corrected chi connectivity index (χ4v) is 5.69. The van der Waals surface area contributed by atoms with Crippen molar-refractivity contribution >= 4 is 39.2 Å². The predicted octanol–water partition coefficient (Wildman–Crippen LogP) is 4.23. The second-order valence-electron chi connectivity index (χ2n) is 9.87. The van der Waals surface area contributed by atoms with Gasteiger partial charge in [0.2, 0.25) is 5.91 Å². The molecule has 0 spiro atoms. The molecule has 0 radical (unpaired) electrons. The van der Waals surface area contributed by atoms with Crippen LogP contribution in [0.5, 0.6) is 11.5 Å². The number of carboxylic acid groups (broad SMARTS) is 1. The van der Waals surface area contributed by atoms with Crippen LogP contribution in [0.15, 0.2) is 36.4 Å². The minimum absolute atomic E-state index is 0.0107. The number of fused-ring (bicyclic) bond motifs is 1. The molecule has 0 saturated heterocycles. The summed E-state index contributed by atoms with van der Waals surface area (Å²) in [5.74, 6) is -2.27. The highest BCUT2D eigenvalue weighted by molar-refractivity contribution is 7.90. The molecule has 0 aliphatic carbocycles. The maximum absolute atomic E-state index is 13.7. The summed E-state index contributed by atoms with van der Waals surface area (Å²) in [6.07, 6.45) is 4.85. The summed E-state index contributed by atoms with van der Waals surface area (Å²) in [5.41, 5.74) is 0.639. The smallest absolute Gasteiger partial charge is 0.303 e. The van der Waals surface area contributed by atoms with Gasteiger partial charge >= 0.3 is 5.97 Å². The summed E-state index contributed by atoms with van der Waals surface area (Å²) >= 11 is 0. The van der Waals surface area contributed by atoms with E-state index in [0.29, 0.717) is 36.5 Å². The maximum Gasteiger partial charge on any atom is 0.303 e. The molecule has 1 heterocycles. The third-order valence-corrected chi connectivity index (χ3v) is 7.58. The summed E-state index contributed by atoms with van der Waals surface area (Å²) < 4.78 is 35.8. The van der Waals surface area contributed by atoms with Crippen molar-refractivity contribution in [3.05, 3.63) is 53.1 Å². The standard InChI is InChI=1S/C29H36N2O9S/c1-4-40-24-17-19(15-16-23(24)39-2)22(18-41(3,37)38)31-28(35)20-11-10-12-21(27(20)29(31)36)30-25(32)13-8-6-5-7-9-14-26(33)34/h10-12,15-17,22H,4-9,13-14,18H2,1-3H3,(H,30,32)(H,33,34). The molecular weight excluding hydrogens is 552 g/mol. The molecule has 2 N–H and O–H groups in total. The van der Waals surface area contributed by atoms with Crippen molar-refractivity contribution in [2.75, 3.05) is 31.0 Å². The number of nitrogens with one attached hydrogen (secondary N) is 1. The van der Waals surface area contributed by atoms with Crippen LogP contribution in [0.25, 0.3) is 0 Å². The topological polar surface area (TPSA) is 156 Å². The molecule has 0 saturated carbocycles. The highest BCUT2D eigenvalue weighted by atomic mass is 32.2. The molecule has 0 aromatic heterocycles. The second-order valence-corrected chi connectivity index (χ2v) is 12.1. The van der Waals surface area contributed by atoms with E-state index in [0.717, 1.165) is 30.4 Å². The number of unbranched alkanes of at least 4 members (excludes halogenated alkanes) is 4. The molecule has 1 atom stereocenters. The van der Waals surface area contributed by atoms with Crippen molar-refractivity contribution < 1.29 is 42.2 Å². The molecule has 11 nitrogen and oxygen atoms in total. The van der Waals surface area contributed by atoms with Gasteiger partial charge in [-0.2, -0.15) is 0 Å². The van der Waals surface area contributed by atoms with E-state index >= 15 is 0 Å². The Morgan fingerprint density at radius 3 is 2.29 bits per heavy atom. The number of sulfone groups is 1. The lowest BCUT2D eigenvalue weighted by atomic mass is 10.1. The number of aliphatic carboxylic acids is 1. The van der Waals surface area contributed by atoms with Crippen LogP contribution in [-0.4, -0.2) is 67.8 Å². The van der Waals surface area contributed by atoms with E-state index in [9.17, 15) is 27.6 Å². The molecule has 12 heteroatoms. The zero-order valence-electron chi connectivity index (χ0n) is 23.5. The van der Waals surface area contributed by atoms with Crippen LogP contribution in [0.1, 0.15) is 84.2 Å². The third kappa shape index (κ3) is 8.29. The van der Waals surface area contributed by atoms with E-state index in [-0.39, 0.29) is 35.6 Å². The van der Waals surface area contributed by atoms with Crippen LogP contribution in [-0.2, 0) is 19.4 Å². The normalized spacial score (nSPS) is 13.6. The zero-order valence-corrected chi connectivity index (χ0v) is 24.3. The van der Waals surface area contributed by atoms with E-state index < -0.39 is 39.4 Å². The first-order valence-corrected chi connectivity index (χ1v) is 15.5. The van der Waals surface area contributed by atoms with Crippen LogP contribution in [0, 0.1) is 0 Å². The Balaban J connectivity index is 1.81. The summed E-state index contributed by atoms with van der Waals surface area (Å²) in [6, 6.07) is 8.15. The number of hydrogen-bond acceptors (Lipinski definition) is 8. The Morgan fingerprint density at radius 1 is 0.976 bits per heavy atom. The quantitative estimate of drug-likeness (QED) is 0.216. The van der Waals surface area contributed by atoms with Crippen LogP contribution >= 0.6 is 0 Å². The average Bonchev–Trinajstić information content (AvgIpc) is 3.16. The number of rotatable bonds is 16. The lowest BCUT2D eigenvalue weighted by Gasteiger charge is -2.27. The number of carboxylic acids is 1. The molecule has 2 aromatic carbocycles. The van der Waals surface area contributed by atoms with Gasteiger partial charge in [-0.05, 0) is 49.6 Å². The molecule has 2 aromatic rings. The molecule has 0 fully saturated rings. The Kier molecular flexibility index (Phi) is 10.9. The van der Waals surface area contributed by atoms with Crippen LogP contribution < -0.4 is 14.8 Å². The molecule has 3 amide bonds. The summed E-state index contributed by atoms with van der Waals surface area (Å²) in [7, 11) is -2.19. The van der Waals surface area contributed by atoms with Crippen LogP contribution in [0.4, 0.5) is 5.69 Å². The first kappa shape index (κ1) is 31.6. The van der Waals surface area contributed by atoms with Gasteiger partial charge in [0.25, 0.3) is 11.8 Å². The first-order chi connectivity index (χ1) is 19.5. The van der Waals surface area contributed by atoms with Gasteiger partial charge in [0.05, 0.1) is 42.3 Å². The van der Waals surface area contributed by atoms with Gasteiger partial charge in [-0.1, -0.05) is 31.4 Å². The molecular formula is C29H36N2O9S. The van der Waals surface area contributed by atoms with Crippen LogP contribution in [0.2, 0.25) is 0 Å². The van der Waals surface area contributed by atoms with Crippen molar-refractivity contribution in [2.45, 2.75) is 57.9 Å². The minimum atomic E-state index is -3.65. The fraction of sp³-hybridized carbons (Fsp3) is 0.448. The molecule has 41 heavy (non-hydrogen) atoms. The van der Waals surface area contributed by atoms with E-state index in [1.165, 1.54) is 19.2 Å². The highest BCUT2D eigenvalue weighted by Crippen LogP contribution is 2.38. The van der Waals surface area contributed by atoms with Crippen molar-refractivity contribution in [1.29, 1.82) is 0 Å². The summed E-state index contributed by atoms with van der Waals surface area (Å²) in [5, 5.41) is 11.4. The van der Waals surface area contributed by atoms with E-state index in [2.05, 4.69) is 5.32 Å². The van der Waals surface area contributed by atoms with Crippen molar-refractivity contribution in [2.24, 2.45) is 0 Å². The van der Waals surface area contributed by atoms with Crippen molar-refractivity contribution in [3.63, 3.8) is 0 Å². The first-order valence-electron chi connectivity index (χ1n) is 13.5. The van der Waals surface area contributed by atoms with Crippen LogP contribution in [0.3, 0.4) is 0 Å². The summed E-state index contributed by atoms with van der Waals surface area (Å²) in [6.45, 7) is 2.10. The minimum Gasteiger partial charge on any atom is -0.493 e. The molecule has 1 unspecified atom stereocenters. The van der Waals surface area contributed by atoms with Gasteiger partial charge in [0.1, 0.15) is 9.84 Å². The number of imide groups is 1. The van der Waals surface area contributed by atoms with E-state index in [1.807, 2.05) is 0 Å². The summed E-state index contributed by atoms with van der Waals surface area (Å²) in [4.78, 5) is 51.4. The zero-order chi connectivity index (χ0) is 30.2. The number of amides is 3. The Morgan fingerprint density at radius 2 is 1.66 bits per heavy atom. The lowest BCUT2D eigenvalue weighted by molar-refractivity contribution is -0.137. The number of anilines is 1. The molecule has 222 valence electrons. The highest BCUT2D eigenvalue weighted by Gasteiger charge is 2.43. The number of carbonyl (C=O) groups is 4. The third-order valence-electron chi connectivity index (χ3n) is 6.66. The van der Waals surface area contributed by atoms with Gasteiger partial charge in [0.15, 0.2) is 11.5 Å². The fourth-order valence-electron chi connectivity index (χ4n) is 4.77. The van der Waals surface area contributed by atoms with Gasteiger partial charge in [0, 0.05) is 19.1 Å². The number of methoxy groups -OCH3 is 1. The number of carbonyl (C=O) groups excluding carboxylic acids is 3. The Hall–Kier alpha value is -3.93. The van der Waals surface area contributed by atoms with Gasteiger partial charge in [-0.25, -0.2) is 8.42 Å². The number of ether oxygens (including phenoxy) is 2. The van der Waals surface area contributed by atoms with Crippen molar-refractivity contribution in [3.8, 4) is 11.5 Å². The molecule has 1 aliphatic heterocycles. The van der Waals surface area contributed by atoms with Gasteiger partial charge < -0.3 is 19.9 Å². The SMILES string of the molecule is CCOc1cc(C(CS(C)(=O)=O)N2C(=O)c3cccc(NC(=O)CCCCCCCC(=O)O)c3C2=O)ccc1OC. The number of benzene rings is 2. The predicted molar refractivity (Wildman–Crippen MR) is 152 cm³/mol. The number of nitrogens with zero attached hydrogens (tertiary/aromatic N) is 1. The lowest BCUT2D eigenvalue weighted by Crippen LogP contribution is -2.37. The molecule has 1 aliphatic rings. The number of hydrogen-bond donors (Lipinski definition) is 2. The largest absolute Gasteiger partial charge is 0.493 e. The van der Waals surface area contributed by atoms with E-state index in [1.54, 1.807) is 31.2 Å². The van der Waals surface area contributed by atoms with Gasteiger partial charge in [-0.3, -0.25) is 24.1 Å². The van der Waals surface area contributed by atoms with Crippen molar-refractivity contribution in [1.82, 2.24) is 4.90 Å². The Labute approximate surface area is 239 Å².